The lowest BCUT2D eigenvalue weighted by Gasteiger charge is -1.97. The quantitative estimate of drug-likeness (QED) is 0.531. The topological polar surface area (TPSA) is 35.2 Å². The molecule has 0 fully saturated rings. The van der Waals surface area contributed by atoms with Gasteiger partial charge in [-0.3, -0.25) is 5.50 Å². The zero-order valence-electron chi connectivity index (χ0n) is 3.22. The second-order valence-corrected chi connectivity index (χ2v) is 3.60. The van der Waals surface area contributed by atoms with Crippen LogP contribution in [0.3, 0.4) is 0 Å². The van der Waals surface area contributed by atoms with Crippen molar-refractivity contribution in [2.45, 2.75) is 0 Å². The molecule has 1 atom stereocenters. The molecule has 0 radical (unpaired) electrons. The number of nitrogens with two attached hydrogens (primary N) is 1. The molecule has 1 unspecified atom stereocenters. The minimum Gasteiger partial charge on any atom is -0.318 e. The van der Waals surface area contributed by atoms with Crippen LogP contribution in [-0.4, -0.2) is 7.11 Å². The Morgan fingerprint density at radius 2 is 2.17 bits per heavy atom. The monoisotopic (exact) mass is 129 g/mol. The van der Waals surface area contributed by atoms with Crippen molar-refractivity contribution in [3.63, 3.8) is 0 Å². The summed E-state index contributed by atoms with van der Waals surface area (Å²) >= 11 is 3.99. The summed E-state index contributed by atoms with van der Waals surface area (Å²) in [6, 6.07) is 0. The predicted octanol–water partition coefficient (Wildman–Crippen LogP) is 0.786. The second-order valence-electron chi connectivity index (χ2n) is 0.704. The molecule has 0 bridgehead atoms. The van der Waals surface area contributed by atoms with Gasteiger partial charge in [-0.05, 0) is 11.8 Å². The number of halogens is 1. The van der Waals surface area contributed by atoms with Gasteiger partial charge in [0.2, 0.25) is 0 Å². The Balaban J connectivity index is 3.48. The van der Waals surface area contributed by atoms with Crippen LogP contribution in [0.5, 0.6) is 0 Å². The lowest BCUT2D eigenvalue weighted by Crippen LogP contribution is -1.86. The van der Waals surface area contributed by atoms with Gasteiger partial charge in [-0.2, -0.15) is 4.20 Å². The lowest BCUT2D eigenvalue weighted by molar-refractivity contribution is 0.428. The Morgan fingerprint density at radius 1 is 2.00 bits per heavy atom. The summed E-state index contributed by atoms with van der Waals surface area (Å²) in [6.45, 7) is -3.31. The summed E-state index contributed by atoms with van der Waals surface area (Å²) < 4.78 is 15.6. The van der Waals surface area contributed by atoms with Gasteiger partial charge in [0.05, 0.1) is 0 Å². The smallest absolute Gasteiger partial charge is 0.298 e. The molecule has 0 amide bonds. The Hall–Kier alpha value is 0.500. The van der Waals surface area contributed by atoms with Gasteiger partial charge in [-0.25, -0.2) is 0 Å². The Kier molecular flexibility index (Phi) is 2.15. The number of hydrogen-bond donors (Lipinski definition) is 1. The summed E-state index contributed by atoms with van der Waals surface area (Å²) in [5, 5.41) is 0. The van der Waals surface area contributed by atoms with E-state index in [0.29, 0.717) is 0 Å². The van der Waals surface area contributed by atoms with E-state index >= 15 is 0 Å². The average Bonchev–Trinajstić information content (AvgIpc) is 1.35. The van der Waals surface area contributed by atoms with Gasteiger partial charge in [-0.15, -0.1) is 0 Å². The molecule has 0 saturated carbocycles. The highest BCUT2D eigenvalue weighted by Crippen LogP contribution is 2.37. The summed E-state index contributed by atoms with van der Waals surface area (Å²) in [7, 11) is 1.15. The van der Waals surface area contributed by atoms with Crippen LogP contribution in [0.15, 0.2) is 0 Å². The molecule has 0 aromatic carbocycles. The van der Waals surface area contributed by atoms with Gasteiger partial charge in [0.1, 0.15) is 0 Å². The van der Waals surface area contributed by atoms with E-state index in [9.17, 15) is 4.20 Å². The molecule has 0 spiro atoms. The van der Waals surface area contributed by atoms with Crippen LogP contribution in [0, 0.1) is 0 Å². The van der Waals surface area contributed by atoms with Crippen molar-refractivity contribution in [3.8, 4) is 0 Å². The van der Waals surface area contributed by atoms with E-state index in [1.807, 2.05) is 0 Å². The van der Waals surface area contributed by atoms with E-state index in [2.05, 4.69) is 21.8 Å². The van der Waals surface area contributed by atoms with Crippen molar-refractivity contribution in [3.05, 3.63) is 0 Å². The summed E-state index contributed by atoms with van der Waals surface area (Å²) in [6.07, 6.45) is 0. The van der Waals surface area contributed by atoms with Crippen molar-refractivity contribution < 1.29 is 8.72 Å². The molecule has 0 heterocycles. The van der Waals surface area contributed by atoms with E-state index < -0.39 is 6.73 Å². The predicted molar refractivity (Wildman–Crippen MR) is 26.6 cm³/mol. The Morgan fingerprint density at radius 3 is 2.17 bits per heavy atom. The van der Waals surface area contributed by atoms with Crippen LogP contribution in [-0.2, 0) is 16.3 Å². The molecular weight excluding hydrogens is 124 g/mol. The molecule has 2 nitrogen and oxygen atoms in total. The van der Waals surface area contributed by atoms with Gasteiger partial charge in [-0.1, -0.05) is 0 Å². The van der Waals surface area contributed by atoms with Crippen LogP contribution in [0.1, 0.15) is 0 Å². The fraction of sp³-hybridized carbons (Fsp3) is 1.00. The molecule has 0 aliphatic carbocycles. The average molecular weight is 129 g/mol. The molecule has 2 N–H and O–H groups in total. The molecule has 5 heteroatoms. The zero-order chi connectivity index (χ0) is 5.21. The normalized spacial score (nSPS) is 19.8. The summed E-state index contributed by atoms with van der Waals surface area (Å²) in [5.74, 6) is 0. The van der Waals surface area contributed by atoms with Crippen molar-refractivity contribution in [1.29, 1.82) is 0 Å². The molecule has 0 aliphatic heterocycles. The van der Waals surface area contributed by atoms with Gasteiger partial charge < -0.3 is 4.52 Å². The maximum atomic E-state index is 11.6. The first-order chi connectivity index (χ1) is 2.56. The first kappa shape index (κ1) is 6.50. The van der Waals surface area contributed by atoms with E-state index in [0.717, 1.165) is 7.11 Å². The van der Waals surface area contributed by atoms with E-state index in [-0.39, 0.29) is 0 Å². The zero-order valence-corrected chi connectivity index (χ0v) is 4.93. The molecule has 0 rings (SSSR count). The van der Waals surface area contributed by atoms with Crippen molar-refractivity contribution in [2.24, 2.45) is 5.50 Å². The molecule has 0 aromatic rings. The molecule has 0 aromatic heterocycles. The Bertz CT molecular complexity index is 79.6. The third-order valence-electron chi connectivity index (χ3n) is 0.249. The van der Waals surface area contributed by atoms with Crippen molar-refractivity contribution in [1.82, 2.24) is 0 Å². The molecule has 0 saturated heterocycles. The van der Waals surface area contributed by atoms with Gasteiger partial charge >= 0.3 is 0 Å². The van der Waals surface area contributed by atoms with Crippen LogP contribution < -0.4 is 5.50 Å². The van der Waals surface area contributed by atoms with Crippen molar-refractivity contribution in [2.75, 3.05) is 7.11 Å². The highest BCUT2D eigenvalue weighted by Gasteiger charge is 2.00. The molecular formula is CH5FNOPS. The maximum absolute atomic E-state index is 11.6. The van der Waals surface area contributed by atoms with E-state index in [4.69, 9.17) is 0 Å². The van der Waals surface area contributed by atoms with Crippen LogP contribution >= 0.6 is 6.73 Å². The number of rotatable bonds is 1. The fourth-order valence-corrected chi connectivity index (χ4v) is 0. The Labute approximate surface area is 40.7 Å². The van der Waals surface area contributed by atoms with Gasteiger partial charge in [0.25, 0.3) is 6.73 Å². The summed E-state index contributed by atoms with van der Waals surface area (Å²) in [5.41, 5.74) is 4.57. The largest absolute Gasteiger partial charge is 0.318 e. The van der Waals surface area contributed by atoms with Crippen LogP contribution in [0.2, 0.25) is 0 Å². The van der Waals surface area contributed by atoms with Crippen LogP contribution in [0.25, 0.3) is 0 Å². The number of hydrogen-bond acceptors (Lipinski definition) is 2. The van der Waals surface area contributed by atoms with Crippen molar-refractivity contribution >= 4 is 18.5 Å². The minimum absolute atomic E-state index is 1.15. The first-order valence-corrected chi connectivity index (χ1v) is 3.88. The highest BCUT2D eigenvalue weighted by atomic mass is 32.5. The second kappa shape index (κ2) is 1.98. The molecule has 6 heavy (non-hydrogen) atoms. The van der Waals surface area contributed by atoms with E-state index in [1.54, 1.807) is 0 Å². The molecule has 0 aliphatic rings. The van der Waals surface area contributed by atoms with Gasteiger partial charge in [0.15, 0.2) is 0 Å². The first-order valence-electron chi connectivity index (χ1n) is 1.20. The third kappa shape index (κ3) is 4.50. The van der Waals surface area contributed by atoms with Gasteiger partial charge in [0, 0.05) is 7.11 Å². The maximum Gasteiger partial charge on any atom is 0.298 e. The standard InChI is InChI=1S/CH5FNOPS/c1-4-5(2,3)6/h1H3,(H2,3,6). The minimum atomic E-state index is -3.31. The molecule has 38 valence electrons. The van der Waals surface area contributed by atoms with E-state index in [1.165, 1.54) is 0 Å². The fourth-order valence-electron chi connectivity index (χ4n) is 0. The SMILES string of the molecule is COP(N)(F)=S. The highest BCUT2D eigenvalue weighted by molar-refractivity contribution is 8.08. The lowest BCUT2D eigenvalue weighted by atomic mass is 11.8. The third-order valence-corrected chi connectivity index (χ3v) is 1.19. The summed E-state index contributed by atoms with van der Waals surface area (Å²) in [4.78, 5) is 0. The van der Waals surface area contributed by atoms with Crippen LogP contribution in [0.4, 0.5) is 4.20 Å².